The summed E-state index contributed by atoms with van der Waals surface area (Å²) in [6.45, 7) is 7.55. The number of nitrogens with zero attached hydrogens (tertiary/aromatic N) is 1. The minimum absolute atomic E-state index is 0.136. The summed E-state index contributed by atoms with van der Waals surface area (Å²) in [4.78, 5) is 26.0. The largest absolute Gasteiger partial charge is 0.489 e. The number of carbonyl (C=O) groups excluding carboxylic acids is 2. The molecule has 0 aliphatic carbocycles. The molecule has 0 spiro atoms. The Kier molecular flexibility index (Phi) is 6.68. The van der Waals surface area contributed by atoms with Gasteiger partial charge in [0.25, 0.3) is 0 Å². The molecular formula is C25H30FNO4. The average Bonchev–Trinajstić information content (AvgIpc) is 3.04. The summed E-state index contributed by atoms with van der Waals surface area (Å²) in [5.41, 5.74) is 0.215. The summed E-state index contributed by atoms with van der Waals surface area (Å²) in [5.74, 6) is 0.317. The van der Waals surface area contributed by atoms with Crippen molar-refractivity contribution in [2.45, 2.75) is 70.7 Å². The van der Waals surface area contributed by atoms with E-state index in [1.807, 2.05) is 52.0 Å². The SMILES string of the molecule is CC(C)(C)OC(=O)N1[C@@H](c2ccc(OCc3ccccc3F)cc2)CC[C@]1(C)CC=O. The lowest BCUT2D eigenvalue weighted by atomic mass is 9.96. The molecule has 0 unspecified atom stereocenters. The fourth-order valence-corrected chi connectivity index (χ4v) is 3.99. The van der Waals surface area contributed by atoms with Crippen molar-refractivity contribution >= 4 is 12.4 Å². The molecule has 1 aliphatic heterocycles. The van der Waals surface area contributed by atoms with E-state index in [4.69, 9.17) is 9.47 Å². The van der Waals surface area contributed by atoms with Crippen molar-refractivity contribution in [3.8, 4) is 5.75 Å². The molecule has 3 rings (SSSR count). The first-order valence-electron chi connectivity index (χ1n) is 10.5. The van der Waals surface area contributed by atoms with Crippen LogP contribution < -0.4 is 4.74 Å². The fraction of sp³-hybridized carbons (Fsp3) is 0.440. The molecule has 0 aromatic heterocycles. The summed E-state index contributed by atoms with van der Waals surface area (Å²) in [6, 6.07) is 13.8. The quantitative estimate of drug-likeness (QED) is 0.545. The molecule has 0 bridgehead atoms. The van der Waals surface area contributed by atoms with Crippen LogP contribution in [0.4, 0.5) is 9.18 Å². The third-order valence-corrected chi connectivity index (χ3v) is 5.58. The maximum atomic E-state index is 13.8. The molecule has 2 aromatic carbocycles. The first-order valence-corrected chi connectivity index (χ1v) is 10.5. The van der Waals surface area contributed by atoms with Gasteiger partial charge in [0, 0.05) is 12.0 Å². The van der Waals surface area contributed by atoms with Crippen LogP contribution in [-0.4, -0.2) is 28.4 Å². The van der Waals surface area contributed by atoms with Gasteiger partial charge in [-0.1, -0.05) is 30.3 Å². The number of hydrogen-bond donors (Lipinski definition) is 0. The molecule has 0 radical (unpaired) electrons. The van der Waals surface area contributed by atoms with Gasteiger partial charge in [-0.15, -0.1) is 0 Å². The van der Waals surface area contributed by atoms with Gasteiger partial charge in [0.2, 0.25) is 0 Å². The van der Waals surface area contributed by atoms with Gasteiger partial charge in [-0.25, -0.2) is 9.18 Å². The van der Waals surface area contributed by atoms with Crippen molar-refractivity contribution in [1.82, 2.24) is 4.90 Å². The van der Waals surface area contributed by atoms with Gasteiger partial charge >= 0.3 is 6.09 Å². The summed E-state index contributed by atoms with van der Waals surface area (Å²) in [7, 11) is 0. The number of halogens is 1. The number of rotatable bonds is 6. The summed E-state index contributed by atoms with van der Waals surface area (Å²) in [5, 5.41) is 0. The van der Waals surface area contributed by atoms with Crippen LogP contribution in [0.1, 0.15) is 64.1 Å². The number of hydrogen-bond acceptors (Lipinski definition) is 4. The normalized spacial score (nSPS) is 21.1. The average molecular weight is 428 g/mol. The highest BCUT2D eigenvalue weighted by Crippen LogP contribution is 2.45. The Morgan fingerprint density at radius 1 is 1.19 bits per heavy atom. The van der Waals surface area contributed by atoms with Gasteiger partial charge in [-0.2, -0.15) is 0 Å². The van der Waals surface area contributed by atoms with E-state index < -0.39 is 17.2 Å². The molecule has 166 valence electrons. The Morgan fingerprint density at radius 2 is 1.87 bits per heavy atom. The van der Waals surface area contributed by atoms with Gasteiger partial charge in [-0.05, 0) is 64.3 Å². The Bertz CT molecular complexity index is 922. The highest BCUT2D eigenvalue weighted by atomic mass is 19.1. The van der Waals surface area contributed by atoms with E-state index in [1.54, 1.807) is 23.1 Å². The zero-order chi connectivity index (χ0) is 22.6. The molecule has 6 heteroatoms. The summed E-state index contributed by atoms with van der Waals surface area (Å²) in [6.07, 6.45) is 2.14. The fourth-order valence-electron chi connectivity index (χ4n) is 3.99. The minimum Gasteiger partial charge on any atom is -0.489 e. The summed E-state index contributed by atoms with van der Waals surface area (Å²) >= 11 is 0. The highest BCUT2D eigenvalue weighted by molar-refractivity contribution is 5.71. The zero-order valence-electron chi connectivity index (χ0n) is 18.6. The standard InChI is InChI=1S/C25H30FNO4/c1-24(2,3)31-23(29)27-22(13-14-25(27,4)15-16-28)18-9-11-20(12-10-18)30-17-19-7-5-6-8-21(19)26/h5-12,16,22H,13-15,17H2,1-4H3/t22-,25-/m1/s1. The minimum atomic E-state index is -0.628. The molecule has 2 aromatic rings. The Balaban J connectivity index is 1.77. The van der Waals surface area contributed by atoms with Crippen molar-refractivity contribution in [3.63, 3.8) is 0 Å². The van der Waals surface area contributed by atoms with Crippen LogP contribution >= 0.6 is 0 Å². The van der Waals surface area contributed by atoms with Crippen LogP contribution in [0.15, 0.2) is 48.5 Å². The molecule has 0 N–H and O–H groups in total. The van der Waals surface area contributed by atoms with Crippen molar-refractivity contribution in [2.24, 2.45) is 0 Å². The first-order chi connectivity index (χ1) is 14.6. The summed E-state index contributed by atoms with van der Waals surface area (Å²) < 4.78 is 25.1. The second-order valence-electron chi connectivity index (χ2n) is 9.22. The predicted molar refractivity (Wildman–Crippen MR) is 116 cm³/mol. The second kappa shape index (κ2) is 9.08. The number of likely N-dealkylation sites (tertiary alicyclic amines) is 1. The number of aldehydes is 1. The van der Waals surface area contributed by atoms with E-state index in [0.29, 0.717) is 17.7 Å². The van der Waals surface area contributed by atoms with Gasteiger partial charge < -0.3 is 14.3 Å². The third kappa shape index (κ3) is 5.43. The lowest BCUT2D eigenvalue weighted by Gasteiger charge is -2.38. The Labute approximate surface area is 183 Å². The van der Waals surface area contributed by atoms with Gasteiger partial charge in [0.05, 0.1) is 11.6 Å². The monoisotopic (exact) mass is 427 g/mol. The van der Waals surface area contributed by atoms with E-state index in [0.717, 1.165) is 18.3 Å². The van der Waals surface area contributed by atoms with Crippen LogP contribution in [0, 0.1) is 5.82 Å². The lowest BCUT2D eigenvalue weighted by Crippen LogP contribution is -2.48. The van der Waals surface area contributed by atoms with E-state index in [-0.39, 0.29) is 24.9 Å². The predicted octanol–water partition coefficient (Wildman–Crippen LogP) is 5.82. The van der Waals surface area contributed by atoms with Crippen LogP contribution in [0.25, 0.3) is 0 Å². The van der Waals surface area contributed by atoms with Crippen LogP contribution in [0.5, 0.6) is 5.75 Å². The molecule has 1 fully saturated rings. The number of carbonyl (C=O) groups is 2. The molecule has 1 heterocycles. The molecular weight excluding hydrogens is 397 g/mol. The van der Waals surface area contributed by atoms with E-state index in [9.17, 15) is 14.0 Å². The number of benzene rings is 2. The van der Waals surface area contributed by atoms with Crippen molar-refractivity contribution in [3.05, 3.63) is 65.5 Å². The van der Waals surface area contributed by atoms with Crippen LogP contribution in [-0.2, 0) is 16.1 Å². The number of ether oxygens (including phenoxy) is 2. The van der Waals surface area contributed by atoms with E-state index >= 15 is 0 Å². The maximum absolute atomic E-state index is 13.8. The zero-order valence-corrected chi connectivity index (χ0v) is 18.6. The van der Waals surface area contributed by atoms with Gasteiger partial charge in [0.1, 0.15) is 30.1 Å². The maximum Gasteiger partial charge on any atom is 0.411 e. The van der Waals surface area contributed by atoms with Crippen molar-refractivity contribution < 1.29 is 23.5 Å². The first kappa shape index (κ1) is 22.8. The molecule has 1 amide bonds. The van der Waals surface area contributed by atoms with Crippen LogP contribution in [0.2, 0.25) is 0 Å². The smallest absolute Gasteiger partial charge is 0.411 e. The molecule has 5 nitrogen and oxygen atoms in total. The molecule has 31 heavy (non-hydrogen) atoms. The van der Waals surface area contributed by atoms with Crippen LogP contribution in [0.3, 0.4) is 0 Å². The van der Waals surface area contributed by atoms with Crippen molar-refractivity contribution in [1.29, 1.82) is 0 Å². The Morgan fingerprint density at radius 3 is 2.48 bits per heavy atom. The third-order valence-electron chi connectivity index (χ3n) is 5.58. The van der Waals surface area contributed by atoms with Gasteiger partial charge in [-0.3, -0.25) is 4.90 Å². The highest BCUT2D eigenvalue weighted by Gasteiger charge is 2.47. The topological polar surface area (TPSA) is 55.8 Å². The van der Waals surface area contributed by atoms with Crippen molar-refractivity contribution in [2.75, 3.05) is 0 Å². The number of amides is 1. The second-order valence-corrected chi connectivity index (χ2v) is 9.22. The van der Waals surface area contributed by atoms with E-state index in [2.05, 4.69) is 0 Å². The Hall–Kier alpha value is -2.89. The molecule has 2 atom stereocenters. The van der Waals surface area contributed by atoms with E-state index in [1.165, 1.54) is 6.07 Å². The molecule has 1 aliphatic rings. The van der Waals surface area contributed by atoms with Gasteiger partial charge in [0.15, 0.2) is 0 Å². The molecule has 0 saturated carbocycles. The lowest BCUT2D eigenvalue weighted by molar-refractivity contribution is -0.110. The molecule has 1 saturated heterocycles.